The highest BCUT2D eigenvalue weighted by atomic mass is 16.5. The lowest BCUT2D eigenvalue weighted by molar-refractivity contribution is 0.0904. The Bertz CT molecular complexity index is 558. The molecule has 4 heteroatoms. The molecule has 4 nitrogen and oxygen atoms in total. The van der Waals surface area contributed by atoms with Gasteiger partial charge in [0.25, 0.3) is 5.91 Å². The Hall–Kier alpha value is -2.23. The molecule has 0 radical (unpaired) electrons. The monoisotopic (exact) mass is 287 g/mol. The number of hydrogen-bond donors (Lipinski definition) is 1. The van der Waals surface area contributed by atoms with Gasteiger partial charge in [-0.1, -0.05) is 26.0 Å². The van der Waals surface area contributed by atoms with Crippen molar-refractivity contribution in [1.29, 1.82) is 0 Å². The van der Waals surface area contributed by atoms with E-state index in [-0.39, 0.29) is 11.9 Å². The highest BCUT2D eigenvalue weighted by molar-refractivity contribution is 5.91. The first-order chi connectivity index (χ1) is 10.1. The van der Waals surface area contributed by atoms with Gasteiger partial charge >= 0.3 is 0 Å². The van der Waals surface area contributed by atoms with Crippen LogP contribution in [0.1, 0.15) is 42.4 Å². The molecule has 0 bridgehead atoms. The second-order valence-electron chi connectivity index (χ2n) is 5.41. The summed E-state index contributed by atoms with van der Waals surface area (Å²) in [6.45, 7) is 4.27. The predicted molar refractivity (Wildman–Crippen MR) is 81.4 cm³/mol. The zero-order valence-electron chi connectivity index (χ0n) is 12.6. The van der Waals surface area contributed by atoms with Crippen LogP contribution in [0.15, 0.2) is 47.1 Å². The molecule has 0 fully saturated rings. The molecule has 0 spiro atoms. The van der Waals surface area contributed by atoms with Crippen molar-refractivity contribution in [3.05, 3.63) is 54.0 Å². The van der Waals surface area contributed by atoms with Gasteiger partial charge in [-0.3, -0.25) is 4.79 Å². The van der Waals surface area contributed by atoms with Crippen molar-refractivity contribution in [2.75, 3.05) is 7.11 Å². The highest BCUT2D eigenvalue weighted by Crippen LogP contribution is 2.24. The van der Waals surface area contributed by atoms with E-state index in [1.807, 2.05) is 24.3 Å². The standard InChI is InChI=1S/C17H21NO3/c1-12(2)11-15(13-6-8-14(20-3)9-7-13)18-17(19)16-5-4-10-21-16/h4-10,12,15H,11H2,1-3H3,(H,18,19)/t15-/m1/s1. The van der Waals surface area contributed by atoms with Gasteiger partial charge in [0.15, 0.2) is 5.76 Å². The number of methoxy groups -OCH3 is 1. The smallest absolute Gasteiger partial charge is 0.287 e. The Kier molecular flexibility index (Phi) is 5.04. The number of furan rings is 1. The zero-order valence-corrected chi connectivity index (χ0v) is 12.6. The summed E-state index contributed by atoms with van der Waals surface area (Å²) in [5.74, 6) is 1.41. The van der Waals surface area contributed by atoms with Crippen molar-refractivity contribution in [2.45, 2.75) is 26.3 Å². The minimum absolute atomic E-state index is 0.0477. The van der Waals surface area contributed by atoms with Crippen LogP contribution in [-0.4, -0.2) is 13.0 Å². The number of carbonyl (C=O) groups is 1. The van der Waals surface area contributed by atoms with Gasteiger partial charge in [0.1, 0.15) is 5.75 Å². The summed E-state index contributed by atoms with van der Waals surface area (Å²) in [5.41, 5.74) is 1.06. The lowest BCUT2D eigenvalue weighted by Crippen LogP contribution is -2.29. The molecule has 1 atom stereocenters. The van der Waals surface area contributed by atoms with Crippen molar-refractivity contribution >= 4 is 5.91 Å². The van der Waals surface area contributed by atoms with E-state index in [1.165, 1.54) is 6.26 Å². The van der Waals surface area contributed by atoms with Gasteiger partial charge in [-0.2, -0.15) is 0 Å². The second kappa shape index (κ2) is 6.97. The molecule has 21 heavy (non-hydrogen) atoms. The maximum Gasteiger partial charge on any atom is 0.287 e. The first-order valence-corrected chi connectivity index (χ1v) is 7.08. The van der Waals surface area contributed by atoms with Crippen molar-refractivity contribution in [3.8, 4) is 5.75 Å². The van der Waals surface area contributed by atoms with E-state index in [4.69, 9.17) is 9.15 Å². The zero-order chi connectivity index (χ0) is 15.2. The molecule has 0 aliphatic rings. The molecule has 1 N–H and O–H groups in total. The number of carbonyl (C=O) groups excluding carboxylic acids is 1. The third-order valence-corrected chi connectivity index (χ3v) is 3.28. The molecule has 0 saturated heterocycles. The summed E-state index contributed by atoms with van der Waals surface area (Å²) in [7, 11) is 1.64. The van der Waals surface area contributed by atoms with E-state index < -0.39 is 0 Å². The first-order valence-electron chi connectivity index (χ1n) is 7.08. The van der Waals surface area contributed by atoms with Crippen molar-refractivity contribution in [2.24, 2.45) is 5.92 Å². The van der Waals surface area contributed by atoms with E-state index in [0.717, 1.165) is 17.7 Å². The average molecular weight is 287 g/mol. The Labute approximate surface area is 125 Å². The van der Waals surface area contributed by atoms with Gasteiger partial charge in [-0.25, -0.2) is 0 Å². The number of benzene rings is 1. The number of amides is 1. The Balaban J connectivity index is 2.15. The molecule has 0 aliphatic carbocycles. The Morgan fingerprint density at radius 2 is 1.95 bits per heavy atom. The fourth-order valence-corrected chi connectivity index (χ4v) is 2.22. The van der Waals surface area contributed by atoms with Crippen molar-refractivity contribution in [3.63, 3.8) is 0 Å². The molecule has 2 rings (SSSR count). The first kappa shape index (κ1) is 15.2. The molecule has 2 aromatic rings. The van der Waals surface area contributed by atoms with Crippen LogP contribution in [0.5, 0.6) is 5.75 Å². The number of rotatable bonds is 6. The maximum atomic E-state index is 12.2. The van der Waals surface area contributed by atoms with Gasteiger partial charge in [0.05, 0.1) is 19.4 Å². The van der Waals surface area contributed by atoms with Crippen LogP contribution < -0.4 is 10.1 Å². The lowest BCUT2D eigenvalue weighted by Gasteiger charge is -2.21. The van der Waals surface area contributed by atoms with Crippen LogP contribution in [0.3, 0.4) is 0 Å². The largest absolute Gasteiger partial charge is 0.497 e. The van der Waals surface area contributed by atoms with E-state index in [0.29, 0.717) is 11.7 Å². The number of nitrogens with one attached hydrogen (secondary N) is 1. The molecule has 1 aromatic heterocycles. The summed E-state index contributed by atoms with van der Waals surface area (Å²) >= 11 is 0. The molecular weight excluding hydrogens is 266 g/mol. The molecule has 0 unspecified atom stereocenters. The lowest BCUT2D eigenvalue weighted by atomic mass is 9.97. The van der Waals surface area contributed by atoms with E-state index in [1.54, 1.807) is 19.2 Å². The summed E-state index contributed by atoms with van der Waals surface area (Å²) in [5, 5.41) is 3.03. The highest BCUT2D eigenvalue weighted by Gasteiger charge is 2.18. The van der Waals surface area contributed by atoms with E-state index >= 15 is 0 Å². The van der Waals surface area contributed by atoms with Crippen LogP contribution in [0.2, 0.25) is 0 Å². The van der Waals surface area contributed by atoms with Crippen LogP contribution in [0.4, 0.5) is 0 Å². The molecule has 0 aliphatic heterocycles. The van der Waals surface area contributed by atoms with Crippen molar-refractivity contribution in [1.82, 2.24) is 5.32 Å². The topological polar surface area (TPSA) is 51.5 Å². The second-order valence-corrected chi connectivity index (χ2v) is 5.41. The minimum atomic E-state index is -0.193. The third kappa shape index (κ3) is 4.12. The van der Waals surface area contributed by atoms with Gasteiger partial charge < -0.3 is 14.5 Å². The van der Waals surface area contributed by atoms with Crippen LogP contribution in [0.25, 0.3) is 0 Å². The summed E-state index contributed by atoms with van der Waals surface area (Å²) in [4.78, 5) is 12.2. The van der Waals surface area contributed by atoms with Crippen LogP contribution in [-0.2, 0) is 0 Å². The van der Waals surface area contributed by atoms with Gasteiger partial charge in [0, 0.05) is 0 Å². The summed E-state index contributed by atoms with van der Waals surface area (Å²) < 4.78 is 10.3. The molecule has 1 aromatic carbocycles. The molecule has 0 saturated carbocycles. The average Bonchev–Trinajstić information content (AvgIpc) is 3.00. The van der Waals surface area contributed by atoms with Gasteiger partial charge in [0.2, 0.25) is 0 Å². The Morgan fingerprint density at radius 3 is 2.48 bits per heavy atom. The van der Waals surface area contributed by atoms with Crippen LogP contribution >= 0.6 is 0 Å². The molecular formula is C17H21NO3. The van der Waals surface area contributed by atoms with Gasteiger partial charge in [-0.05, 0) is 42.2 Å². The fraction of sp³-hybridized carbons (Fsp3) is 0.353. The van der Waals surface area contributed by atoms with Crippen LogP contribution in [0, 0.1) is 5.92 Å². The normalized spacial score (nSPS) is 12.2. The third-order valence-electron chi connectivity index (χ3n) is 3.28. The molecule has 112 valence electrons. The predicted octanol–water partition coefficient (Wildman–Crippen LogP) is 3.81. The molecule has 1 heterocycles. The van der Waals surface area contributed by atoms with Gasteiger partial charge in [-0.15, -0.1) is 0 Å². The van der Waals surface area contributed by atoms with Crippen molar-refractivity contribution < 1.29 is 13.9 Å². The quantitative estimate of drug-likeness (QED) is 0.879. The number of hydrogen-bond acceptors (Lipinski definition) is 3. The van der Waals surface area contributed by atoms with E-state index in [9.17, 15) is 4.79 Å². The fourth-order valence-electron chi connectivity index (χ4n) is 2.22. The SMILES string of the molecule is COc1ccc([C@@H](CC(C)C)NC(=O)c2ccco2)cc1. The van der Waals surface area contributed by atoms with E-state index in [2.05, 4.69) is 19.2 Å². The number of ether oxygens (including phenoxy) is 1. The Morgan fingerprint density at radius 1 is 1.24 bits per heavy atom. The minimum Gasteiger partial charge on any atom is -0.497 e. The maximum absolute atomic E-state index is 12.2. The summed E-state index contributed by atoms with van der Waals surface area (Å²) in [6, 6.07) is 11.1. The molecule has 1 amide bonds. The summed E-state index contributed by atoms with van der Waals surface area (Å²) in [6.07, 6.45) is 2.36.